The number of carbonyl (C=O) groups excluding carboxylic acids is 2. The fraction of sp³-hybridized carbons (Fsp3) is 0.316. The summed E-state index contributed by atoms with van der Waals surface area (Å²) in [4.78, 5) is 27.4. The van der Waals surface area contributed by atoms with Crippen LogP contribution in [0.2, 0.25) is 0 Å². The summed E-state index contributed by atoms with van der Waals surface area (Å²) >= 11 is 0. The number of benzene rings is 1. The topological polar surface area (TPSA) is 118 Å². The maximum absolute atomic E-state index is 11.7. The van der Waals surface area contributed by atoms with Crippen molar-refractivity contribution in [1.82, 2.24) is 10.3 Å². The normalized spacial score (nSPS) is 12.7. The summed E-state index contributed by atoms with van der Waals surface area (Å²) in [6.45, 7) is 1.71. The number of pyridine rings is 1. The first kappa shape index (κ1) is 20.3. The summed E-state index contributed by atoms with van der Waals surface area (Å²) in [5, 5.41) is 22.6. The number of nitrogens with one attached hydrogen (secondary N) is 1. The van der Waals surface area contributed by atoms with E-state index in [9.17, 15) is 19.8 Å². The van der Waals surface area contributed by atoms with Crippen LogP contribution in [0.5, 0.6) is 0 Å². The molecule has 0 aliphatic heterocycles. The Hall–Kier alpha value is -2.97. The van der Waals surface area contributed by atoms with Crippen LogP contribution in [0, 0.1) is 0 Å². The zero-order valence-corrected chi connectivity index (χ0v) is 14.9. The summed E-state index contributed by atoms with van der Waals surface area (Å²) in [7, 11) is 0. The van der Waals surface area contributed by atoms with Crippen LogP contribution < -0.4 is 5.32 Å². The van der Waals surface area contributed by atoms with Crippen LogP contribution in [-0.2, 0) is 16.1 Å². The maximum Gasteiger partial charge on any atom is 0.407 e. The number of hydrogen-bond acceptors (Lipinski definition) is 7. The van der Waals surface area contributed by atoms with Crippen molar-refractivity contribution in [2.24, 2.45) is 0 Å². The monoisotopic (exact) mass is 374 g/mol. The third kappa shape index (κ3) is 6.36. The molecule has 1 aromatic heterocycles. The molecule has 0 aliphatic rings. The molecular weight excluding hydrogens is 352 g/mol. The lowest BCUT2D eigenvalue weighted by Crippen LogP contribution is -2.36. The van der Waals surface area contributed by atoms with Gasteiger partial charge in [-0.3, -0.25) is 0 Å². The number of amides is 1. The number of aliphatic hydroxyl groups is 2. The smallest absolute Gasteiger partial charge is 0.407 e. The molecule has 8 nitrogen and oxygen atoms in total. The molecule has 1 aromatic carbocycles. The Labute approximate surface area is 156 Å². The summed E-state index contributed by atoms with van der Waals surface area (Å²) in [5.74, 6) is -0.622. The highest BCUT2D eigenvalue weighted by Crippen LogP contribution is 2.15. The van der Waals surface area contributed by atoms with Crippen LogP contribution >= 0.6 is 0 Å². The number of hydrogen-bond donors (Lipinski definition) is 3. The van der Waals surface area contributed by atoms with Crippen LogP contribution in [0.3, 0.4) is 0 Å². The Morgan fingerprint density at radius 3 is 2.52 bits per heavy atom. The predicted molar refractivity (Wildman–Crippen MR) is 95.8 cm³/mol. The second-order valence-electron chi connectivity index (χ2n) is 5.62. The van der Waals surface area contributed by atoms with Crippen molar-refractivity contribution in [1.29, 1.82) is 0 Å². The van der Waals surface area contributed by atoms with Crippen molar-refractivity contribution < 1.29 is 29.3 Å². The molecule has 1 heterocycles. The van der Waals surface area contributed by atoms with Crippen molar-refractivity contribution in [3.05, 3.63) is 65.5 Å². The molecule has 27 heavy (non-hydrogen) atoms. The van der Waals surface area contributed by atoms with Crippen LogP contribution in [-0.4, -0.2) is 46.5 Å². The molecule has 3 N–H and O–H groups in total. The van der Waals surface area contributed by atoms with Crippen molar-refractivity contribution in [2.75, 3.05) is 13.2 Å². The minimum absolute atomic E-state index is 0.0239. The SMILES string of the molecule is CCOC(=O)c1cccc(C(O)C(O)CNC(=O)OCc2ccccc2)n1. The van der Waals surface area contributed by atoms with E-state index in [1.807, 2.05) is 30.3 Å². The lowest BCUT2D eigenvalue weighted by molar-refractivity contribution is 0.0156. The van der Waals surface area contributed by atoms with E-state index in [-0.39, 0.29) is 31.1 Å². The van der Waals surface area contributed by atoms with Crippen molar-refractivity contribution in [3.63, 3.8) is 0 Å². The standard InChI is InChI=1S/C19H22N2O6/c1-2-26-18(24)15-10-6-9-14(21-15)17(23)16(22)11-20-19(25)27-12-13-7-4-3-5-8-13/h3-10,16-17,22-23H,2,11-12H2,1H3,(H,20,25). The number of aliphatic hydroxyl groups excluding tert-OH is 2. The summed E-state index contributed by atoms with van der Waals surface area (Å²) in [5.41, 5.74) is 0.941. The van der Waals surface area contributed by atoms with Crippen molar-refractivity contribution in [3.8, 4) is 0 Å². The van der Waals surface area contributed by atoms with Gasteiger partial charge in [0.2, 0.25) is 0 Å². The van der Waals surface area contributed by atoms with E-state index in [0.29, 0.717) is 0 Å². The van der Waals surface area contributed by atoms with Gasteiger partial charge in [0.25, 0.3) is 0 Å². The first-order valence-electron chi connectivity index (χ1n) is 8.46. The van der Waals surface area contributed by atoms with Gasteiger partial charge in [-0.15, -0.1) is 0 Å². The number of esters is 1. The third-order valence-corrected chi connectivity index (χ3v) is 3.59. The second kappa shape index (κ2) is 10.2. The molecule has 144 valence electrons. The molecule has 0 fully saturated rings. The van der Waals surface area contributed by atoms with Crippen LogP contribution in [0.25, 0.3) is 0 Å². The van der Waals surface area contributed by atoms with Gasteiger partial charge in [-0.25, -0.2) is 14.6 Å². The largest absolute Gasteiger partial charge is 0.461 e. The van der Waals surface area contributed by atoms with Gasteiger partial charge < -0.3 is 25.0 Å². The lowest BCUT2D eigenvalue weighted by atomic mass is 10.1. The molecule has 2 rings (SSSR count). The quantitative estimate of drug-likeness (QED) is 0.600. The van der Waals surface area contributed by atoms with E-state index < -0.39 is 24.3 Å². The highest BCUT2D eigenvalue weighted by molar-refractivity contribution is 5.87. The van der Waals surface area contributed by atoms with Crippen molar-refractivity contribution >= 4 is 12.1 Å². The third-order valence-electron chi connectivity index (χ3n) is 3.59. The highest BCUT2D eigenvalue weighted by Gasteiger charge is 2.22. The molecule has 0 spiro atoms. The molecule has 0 radical (unpaired) electrons. The van der Waals surface area contributed by atoms with Gasteiger partial charge in [0.15, 0.2) is 0 Å². The van der Waals surface area contributed by atoms with Gasteiger partial charge in [-0.05, 0) is 24.6 Å². The van der Waals surface area contributed by atoms with E-state index in [0.717, 1.165) is 5.56 Å². The molecule has 8 heteroatoms. The number of rotatable bonds is 8. The van der Waals surface area contributed by atoms with Crippen LogP contribution in [0.15, 0.2) is 48.5 Å². The van der Waals surface area contributed by atoms with Gasteiger partial charge in [0.05, 0.1) is 12.3 Å². The average molecular weight is 374 g/mol. The van der Waals surface area contributed by atoms with Crippen LogP contribution in [0.1, 0.15) is 34.8 Å². The van der Waals surface area contributed by atoms with E-state index in [1.165, 1.54) is 18.2 Å². The average Bonchev–Trinajstić information content (AvgIpc) is 2.71. The maximum atomic E-state index is 11.7. The Kier molecular flexibility index (Phi) is 7.72. The zero-order valence-electron chi connectivity index (χ0n) is 14.9. The molecule has 0 bridgehead atoms. The number of alkyl carbamates (subject to hydrolysis) is 1. The van der Waals surface area contributed by atoms with Gasteiger partial charge in [-0.2, -0.15) is 0 Å². The first-order valence-corrected chi connectivity index (χ1v) is 8.46. The Bertz CT molecular complexity index is 753. The zero-order chi connectivity index (χ0) is 19.6. The molecule has 2 unspecified atom stereocenters. The van der Waals surface area contributed by atoms with Gasteiger partial charge >= 0.3 is 12.1 Å². The fourth-order valence-corrected chi connectivity index (χ4v) is 2.21. The minimum Gasteiger partial charge on any atom is -0.461 e. The Balaban J connectivity index is 1.84. The Morgan fingerprint density at radius 2 is 1.81 bits per heavy atom. The Morgan fingerprint density at radius 1 is 1.07 bits per heavy atom. The van der Waals surface area contributed by atoms with E-state index in [2.05, 4.69) is 10.3 Å². The number of carbonyl (C=O) groups is 2. The minimum atomic E-state index is -1.39. The van der Waals surface area contributed by atoms with E-state index >= 15 is 0 Å². The summed E-state index contributed by atoms with van der Waals surface area (Å²) in [6, 6.07) is 13.6. The molecule has 2 aromatic rings. The number of aromatic nitrogens is 1. The molecule has 2 atom stereocenters. The number of ether oxygens (including phenoxy) is 2. The second-order valence-corrected chi connectivity index (χ2v) is 5.62. The summed E-state index contributed by atoms with van der Waals surface area (Å²) in [6.07, 6.45) is -3.45. The van der Waals surface area contributed by atoms with Gasteiger partial charge in [0, 0.05) is 6.54 Å². The molecule has 0 saturated carbocycles. The van der Waals surface area contributed by atoms with Gasteiger partial charge in [-0.1, -0.05) is 36.4 Å². The molecular formula is C19H22N2O6. The summed E-state index contributed by atoms with van der Waals surface area (Å²) < 4.78 is 9.87. The van der Waals surface area contributed by atoms with Gasteiger partial charge in [0.1, 0.15) is 24.5 Å². The van der Waals surface area contributed by atoms with E-state index in [1.54, 1.807) is 6.92 Å². The molecule has 0 aliphatic carbocycles. The molecule has 1 amide bonds. The highest BCUT2D eigenvalue weighted by atomic mass is 16.5. The molecule has 0 saturated heterocycles. The van der Waals surface area contributed by atoms with Crippen LogP contribution in [0.4, 0.5) is 4.79 Å². The first-order chi connectivity index (χ1) is 13.0. The van der Waals surface area contributed by atoms with E-state index in [4.69, 9.17) is 9.47 Å². The van der Waals surface area contributed by atoms with Crippen molar-refractivity contribution in [2.45, 2.75) is 25.7 Å². The predicted octanol–water partition coefficient (Wildman–Crippen LogP) is 1.58. The number of nitrogens with zero attached hydrogens (tertiary/aromatic N) is 1. The fourth-order valence-electron chi connectivity index (χ4n) is 2.21. The lowest BCUT2D eigenvalue weighted by Gasteiger charge is -2.18.